The Hall–Kier alpha value is -1.28. The number of aromatic nitrogens is 3. The molecule has 24 heavy (non-hydrogen) atoms. The Morgan fingerprint density at radius 3 is 2.58 bits per heavy atom. The zero-order chi connectivity index (χ0) is 16.7. The van der Waals surface area contributed by atoms with Crippen LogP contribution in [-0.2, 0) is 11.3 Å². The van der Waals surface area contributed by atoms with Gasteiger partial charge < -0.3 is 4.74 Å². The van der Waals surface area contributed by atoms with Gasteiger partial charge in [-0.15, -0.1) is 10.2 Å². The second-order valence-corrected chi connectivity index (χ2v) is 8.34. The standard InChI is InChI=1S/C17H19BrN4OS/c1-11-7-21(8-12(2)23-11)9-15-10-22-16(19-20-17(22)24-15)13-3-5-14(18)6-4-13/h3-6,10-12H,7-9H2,1-2H3/t11-,12-/m0/s1. The summed E-state index contributed by atoms with van der Waals surface area (Å²) >= 11 is 5.18. The van der Waals surface area contributed by atoms with E-state index in [1.807, 2.05) is 12.1 Å². The summed E-state index contributed by atoms with van der Waals surface area (Å²) in [5.41, 5.74) is 1.07. The topological polar surface area (TPSA) is 42.7 Å². The molecule has 1 aliphatic heterocycles. The maximum atomic E-state index is 5.81. The molecule has 3 aromatic rings. The van der Waals surface area contributed by atoms with E-state index in [1.165, 1.54) is 4.88 Å². The van der Waals surface area contributed by atoms with Crippen LogP contribution in [0.25, 0.3) is 16.3 Å². The van der Waals surface area contributed by atoms with E-state index < -0.39 is 0 Å². The minimum atomic E-state index is 0.290. The van der Waals surface area contributed by atoms with Crippen molar-refractivity contribution in [3.05, 3.63) is 39.8 Å². The number of hydrogen-bond donors (Lipinski definition) is 0. The summed E-state index contributed by atoms with van der Waals surface area (Å²) in [5.74, 6) is 0.892. The van der Waals surface area contributed by atoms with Crippen molar-refractivity contribution in [3.63, 3.8) is 0 Å². The molecule has 7 heteroatoms. The lowest BCUT2D eigenvalue weighted by molar-refractivity contribution is -0.0702. The van der Waals surface area contributed by atoms with Gasteiger partial charge >= 0.3 is 0 Å². The molecule has 0 N–H and O–H groups in total. The maximum absolute atomic E-state index is 5.81. The zero-order valence-corrected chi connectivity index (χ0v) is 16.0. The molecule has 0 spiro atoms. The minimum Gasteiger partial charge on any atom is -0.373 e. The highest BCUT2D eigenvalue weighted by Gasteiger charge is 2.23. The van der Waals surface area contributed by atoms with Crippen molar-refractivity contribution in [1.82, 2.24) is 19.5 Å². The summed E-state index contributed by atoms with van der Waals surface area (Å²) < 4.78 is 8.97. The lowest BCUT2D eigenvalue weighted by atomic mass is 10.2. The van der Waals surface area contributed by atoms with Gasteiger partial charge in [-0.1, -0.05) is 39.4 Å². The van der Waals surface area contributed by atoms with E-state index in [0.29, 0.717) is 0 Å². The third kappa shape index (κ3) is 3.26. The Bertz CT molecular complexity index is 834. The van der Waals surface area contributed by atoms with Crippen LogP contribution in [0.2, 0.25) is 0 Å². The van der Waals surface area contributed by atoms with Crippen LogP contribution in [0.1, 0.15) is 18.7 Å². The molecule has 0 radical (unpaired) electrons. The average molecular weight is 407 g/mol. The molecule has 1 fully saturated rings. The molecule has 5 nitrogen and oxygen atoms in total. The fourth-order valence-electron chi connectivity index (χ4n) is 3.25. The third-order valence-electron chi connectivity index (χ3n) is 4.14. The van der Waals surface area contributed by atoms with Crippen LogP contribution >= 0.6 is 27.3 Å². The first-order valence-corrected chi connectivity index (χ1v) is 9.66. The molecule has 0 unspecified atom stereocenters. The molecule has 1 aromatic carbocycles. The van der Waals surface area contributed by atoms with Crippen molar-refractivity contribution in [2.24, 2.45) is 0 Å². The van der Waals surface area contributed by atoms with Gasteiger partial charge in [0.2, 0.25) is 4.96 Å². The predicted molar refractivity (Wildman–Crippen MR) is 99.3 cm³/mol. The van der Waals surface area contributed by atoms with Gasteiger partial charge in [-0.25, -0.2) is 0 Å². The molecule has 2 atom stereocenters. The summed E-state index contributed by atoms with van der Waals surface area (Å²) in [4.78, 5) is 4.70. The lowest BCUT2D eigenvalue weighted by Crippen LogP contribution is -2.44. The summed E-state index contributed by atoms with van der Waals surface area (Å²) in [6.07, 6.45) is 2.75. The number of rotatable bonds is 3. The van der Waals surface area contributed by atoms with Crippen LogP contribution in [0, 0.1) is 0 Å². The van der Waals surface area contributed by atoms with Gasteiger partial charge in [0.25, 0.3) is 0 Å². The maximum Gasteiger partial charge on any atom is 0.216 e. The number of halogens is 1. The van der Waals surface area contributed by atoms with Crippen molar-refractivity contribution in [1.29, 1.82) is 0 Å². The highest BCUT2D eigenvalue weighted by Crippen LogP contribution is 2.26. The molecule has 1 aliphatic rings. The van der Waals surface area contributed by atoms with E-state index in [1.54, 1.807) is 11.3 Å². The highest BCUT2D eigenvalue weighted by molar-refractivity contribution is 9.10. The van der Waals surface area contributed by atoms with Crippen LogP contribution in [0.15, 0.2) is 34.9 Å². The second kappa shape index (κ2) is 6.55. The monoisotopic (exact) mass is 406 g/mol. The van der Waals surface area contributed by atoms with E-state index in [-0.39, 0.29) is 12.2 Å². The quantitative estimate of drug-likeness (QED) is 0.662. The molecular formula is C17H19BrN4OS. The molecule has 2 aromatic heterocycles. The van der Waals surface area contributed by atoms with Gasteiger partial charge in [0, 0.05) is 40.7 Å². The Kier molecular flexibility index (Phi) is 4.42. The number of ether oxygens (including phenoxy) is 1. The number of thiazole rings is 1. The molecule has 0 aliphatic carbocycles. The number of benzene rings is 1. The second-order valence-electron chi connectivity index (χ2n) is 6.33. The van der Waals surface area contributed by atoms with Crippen LogP contribution in [0.3, 0.4) is 0 Å². The van der Waals surface area contributed by atoms with Crippen molar-refractivity contribution >= 4 is 32.2 Å². The first-order valence-electron chi connectivity index (χ1n) is 8.05. The van der Waals surface area contributed by atoms with Gasteiger partial charge in [-0.2, -0.15) is 0 Å². The minimum absolute atomic E-state index is 0.290. The zero-order valence-electron chi connectivity index (χ0n) is 13.6. The Morgan fingerprint density at radius 1 is 1.17 bits per heavy atom. The Labute approximate surface area is 153 Å². The molecule has 1 saturated heterocycles. The fourth-order valence-corrected chi connectivity index (χ4v) is 4.48. The number of nitrogens with zero attached hydrogens (tertiary/aromatic N) is 4. The normalized spacial score (nSPS) is 22.3. The third-order valence-corrected chi connectivity index (χ3v) is 5.62. The molecule has 4 rings (SSSR count). The average Bonchev–Trinajstić information content (AvgIpc) is 3.07. The Morgan fingerprint density at radius 2 is 1.88 bits per heavy atom. The van der Waals surface area contributed by atoms with Crippen molar-refractivity contribution in [2.75, 3.05) is 13.1 Å². The van der Waals surface area contributed by atoms with E-state index in [9.17, 15) is 0 Å². The molecule has 0 bridgehead atoms. The van der Waals surface area contributed by atoms with Gasteiger partial charge in [-0.05, 0) is 26.0 Å². The molecule has 126 valence electrons. The van der Waals surface area contributed by atoms with Crippen molar-refractivity contribution in [2.45, 2.75) is 32.6 Å². The summed E-state index contributed by atoms with van der Waals surface area (Å²) in [6.45, 7) is 7.16. The van der Waals surface area contributed by atoms with Crippen LogP contribution in [0.5, 0.6) is 0 Å². The lowest BCUT2D eigenvalue weighted by Gasteiger charge is -2.34. The van der Waals surface area contributed by atoms with Gasteiger partial charge in [0.15, 0.2) is 5.82 Å². The van der Waals surface area contributed by atoms with Gasteiger partial charge in [0.1, 0.15) is 0 Å². The molecular weight excluding hydrogens is 388 g/mol. The van der Waals surface area contributed by atoms with E-state index in [0.717, 1.165) is 40.5 Å². The van der Waals surface area contributed by atoms with Gasteiger partial charge in [-0.3, -0.25) is 9.30 Å². The predicted octanol–water partition coefficient (Wildman–Crippen LogP) is 3.83. The number of fused-ring (bicyclic) bond motifs is 1. The SMILES string of the molecule is C[C@H]1CN(Cc2cn3c(-c4ccc(Br)cc4)nnc3s2)C[C@H](C)O1. The van der Waals surface area contributed by atoms with Gasteiger partial charge in [0.05, 0.1) is 12.2 Å². The van der Waals surface area contributed by atoms with Crippen molar-refractivity contribution < 1.29 is 4.74 Å². The van der Waals surface area contributed by atoms with E-state index >= 15 is 0 Å². The van der Waals surface area contributed by atoms with Crippen LogP contribution in [-0.4, -0.2) is 44.8 Å². The molecule has 0 amide bonds. The molecule has 0 saturated carbocycles. The first kappa shape index (κ1) is 16.2. The Balaban J connectivity index is 1.59. The van der Waals surface area contributed by atoms with Crippen LogP contribution < -0.4 is 0 Å². The van der Waals surface area contributed by atoms with Crippen molar-refractivity contribution in [3.8, 4) is 11.4 Å². The summed E-state index contributed by atoms with van der Waals surface area (Å²) in [6, 6.07) is 8.17. The highest BCUT2D eigenvalue weighted by atomic mass is 79.9. The largest absolute Gasteiger partial charge is 0.373 e. The summed E-state index contributed by atoms with van der Waals surface area (Å²) in [7, 11) is 0. The number of morpholine rings is 1. The molecule has 3 heterocycles. The first-order chi connectivity index (χ1) is 11.6. The fraction of sp³-hybridized carbons (Fsp3) is 0.412. The smallest absolute Gasteiger partial charge is 0.216 e. The van der Waals surface area contributed by atoms with E-state index in [4.69, 9.17) is 4.74 Å². The van der Waals surface area contributed by atoms with E-state index in [2.05, 4.69) is 67.6 Å². The summed E-state index contributed by atoms with van der Waals surface area (Å²) in [5, 5.41) is 8.68. The number of hydrogen-bond acceptors (Lipinski definition) is 5. The van der Waals surface area contributed by atoms with Crippen LogP contribution in [0.4, 0.5) is 0 Å².